The monoisotopic (exact) mass is 203 g/mol. The number of carbonyl (C=O) groups excluding carboxylic acids is 1. The maximum Gasteiger partial charge on any atom is 0.219 e. The topological polar surface area (TPSA) is 29.1 Å². The highest BCUT2D eigenvalue weighted by Crippen LogP contribution is 1.97. The Kier molecular flexibility index (Phi) is 31.2. The van der Waals surface area contributed by atoms with E-state index < -0.39 is 0 Å². The molecule has 0 unspecified atom stereocenters. The zero-order chi connectivity index (χ0) is 11.8. The summed E-state index contributed by atoms with van der Waals surface area (Å²) in [5, 5.41) is 2.77. The third-order valence-electron chi connectivity index (χ3n) is 1.38. The molecule has 0 spiro atoms. The van der Waals surface area contributed by atoms with Gasteiger partial charge in [0.25, 0.3) is 0 Å². The van der Waals surface area contributed by atoms with Crippen LogP contribution in [0, 0.1) is 0 Å². The van der Waals surface area contributed by atoms with Crippen molar-refractivity contribution in [3.8, 4) is 0 Å². The Balaban J connectivity index is -0.000000266. The summed E-state index contributed by atoms with van der Waals surface area (Å²) in [7, 11) is 0. The Bertz CT molecular complexity index is 92.3. The van der Waals surface area contributed by atoms with Gasteiger partial charge in [-0.3, -0.25) is 4.79 Å². The van der Waals surface area contributed by atoms with Crippen LogP contribution in [0.5, 0.6) is 0 Å². The minimum Gasteiger partial charge on any atom is -0.356 e. The summed E-state index contributed by atoms with van der Waals surface area (Å²) in [5.41, 5.74) is 0. The third kappa shape index (κ3) is 22.5. The van der Waals surface area contributed by atoms with Gasteiger partial charge in [-0.25, -0.2) is 0 Å². The van der Waals surface area contributed by atoms with E-state index >= 15 is 0 Å². The first-order valence-corrected chi connectivity index (χ1v) is 6.08. The Morgan fingerprint density at radius 2 is 1.50 bits per heavy atom. The molecule has 0 aliphatic heterocycles. The first kappa shape index (κ1) is 19.1. The number of hydrogen-bond acceptors (Lipinski definition) is 1. The Morgan fingerprint density at radius 1 is 1.00 bits per heavy atom. The SMILES string of the molecule is CC.CC.CCCCCC(=O)NCC. The summed E-state index contributed by atoms with van der Waals surface area (Å²) in [5.74, 6) is 0.191. The predicted octanol–water partition coefficient (Wildman–Crippen LogP) is 3.76. The highest BCUT2D eigenvalue weighted by atomic mass is 16.1. The van der Waals surface area contributed by atoms with Crippen molar-refractivity contribution >= 4 is 5.91 Å². The molecule has 0 rings (SSSR count). The van der Waals surface area contributed by atoms with Gasteiger partial charge in [-0.1, -0.05) is 47.5 Å². The second-order valence-corrected chi connectivity index (χ2v) is 2.41. The van der Waals surface area contributed by atoms with Crippen LogP contribution in [0.25, 0.3) is 0 Å². The fourth-order valence-corrected chi connectivity index (χ4v) is 0.821. The van der Waals surface area contributed by atoms with E-state index in [4.69, 9.17) is 0 Å². The lowest BCUT2D eigenvalue weighted by Gasteiger charge is -1.99. The van der Waals surface area contributed by atoms with Gasteiger partial charge in [0.1, 0.15) is 0 Å². The van der Waals surface area contributed by atoms with E-state index in [2.05, 4.69) is 12.2 Å². The minimum absolute atomic E-state index is 0.191. The Hall–Kier alpha value is -0.530. The normalized spacial score (nSPS) is 7.57. The largest absolute Gasteiger partial charge is 0.356 e. The van der Waals surface area contributed by atoms with Crippen molar-refractivity contribution in [3.63, 3.8) is 0 Å². The van der Waals surface area contributed by atoms with Crippen molar-refractivity contribution in [1.29, 1.82) is 0 Å². The van der Waals surface area contributed by atoms with Crippen molar-refractivity contribution in [2.24, 2.45) is 0 Å². The van der Waals surface area contributed by atoms with Gasteiger partial charge in [0, 0.05) is 13.0 Å². The van der Waals surface area contributed by atoms with E-state index in [1.165, 1.54) is 6.42 Å². The molecule has 0 aromatic rings. The molecular formula is C12H29NO. The van der Waals surface area contributed by atoms with Gasteiger partial charge in [0.2, 0.25) is 5.91 Å². The summed E-state index contributed by atoms with van der Waals surface area (Å²) >= 11 is 0. The molecular weight excluding hydrogens is 174 g/mol. The summed E-state index contributed by atoms with van der Waals surface area (Å²) in [6.07, 6.45) is 4.07. The van der Waals surface area contributed by atoms with Gasteiger partial charge in [0.15, 0.2) is 0 Å². The average Bonchev–Trinajstić information content (AvgIpc) is 2.25. The standard InChI is InChI=1S/C8H17NO.2C2H6/c1-3-5-6-7-8(10)9-4-2;2*1-2/h3-7H2,1-2H3,(H,9,10);2*1-2H3. The fourth-order valence-electron chi connectivity index (χ4n) is 0.821. The first-order valence-electron chi connectivity index (χ1n) is 6.08. The maximum atomic E-state index is 10.8. The quantitative estimate of drug-likeness (QED) is 0.677. The van der Waals surface area contributed by atoms with Crippen LogP contribution >= 0.6 is 0 Å². The van der Waals surface area contributed by atoms with Crippen LogP contribution in [0.3, 0.4) is 0 Å². The zero-order valence-corrected chi connectivity index (χ0v) is 10.9. The summed E-state index contributed by atoms with van der Waals surface area (Å²) < 4.78 is 0. The predicted molar refractivity (Wildman–Crippen MR) is 65.5 cm³/mol. The van der Waals surface area contributed by atoms with E-state index in [0.29, 0.717) is 6.42 Å². The van der Waals surface area contributed by atoms with E-state index in [-0.39, 0.29) is 5.91 Å². The molecule has 0 fully saturated rings. The molecule has 0 aromatic heterocycles. The Morgan fingerprint density at radius 3 is 1.86 bits per heavy atom. The molecule has 0 saturated heterocycles. The molecule has 88 valence electrons. The van der Waals surface area contributed by atoms with Crippen LogP contribution in [-0.4, -0.2) is 12.5 Å². The number of unbranched alkanes of at least 4 members (excludes halogenated alkanes) is 2. The van der Waals surface area contributed by atoms with Crippen LogP contribution in [0.1, 0.15) is 67.2 Å². The van der Waals surface area contributed by atoms with Gasteiger partial charge < -0.3 is 5.32 Å². The third-order valence-corrected chi connectivity index (χ3v) is 1.38. The molecule has 1 N–H and O–H groups in total. The molecule has 14 heavy (non-hydrogen) atoms. The number of nitrogens with one attached hydrogen (secondary N) is 1. The van der Waals surface area contributed by atoms with Crippen LogP contribution in [0.4, 0.5) is 0 Å². The molecule has 0 radical (unpaired) electrons. The van der Waals surface area contributed by atoms with E-state index in [0.717, 1.165) is 19.4 Å². The Labute approximate surface area is 90.5 Å². The van der Waals surface area contributed by atoms with E-state index in [1.54, 1.807) is 0 Å². The molecule has 0 saturated carbocycles. The summed E-state index contributed by atoms with van der Waals surface area (Å²) in [6, 6.07) is 0. The second kappa shape index (κ2) is 22.9. The number of rotatable bonds is 5. The van der Waals surface area contributed by atoms with Crippen LogP contribution in [0.15, 0.2) is 0 Å². The van der Waals surface area contributed by atoms with E-state index in [9.17, 15) is 4.79 Å². The molecule has 0 bridgehead atoms. The number of hydrogen-bond donors (Lipinski definition) is 1. The summed E-state index contributed by atoms with van der Waals surface area (Å²) in [6.45, 7) is 12.8. The lowest BCUT2D eigenvalue weighted by molar-refractivity contribution is -0.121. The minimum atomic E-state index is 0.191. The lowest BCUT2D eigenvalue weighted by atomic mass is 10.2. The summed E-state index contributed by atoms with van der Waals surface area (Å²) in [4.78, 5) is 10.8. The van der Waals surface area contributed by atoms with Crippen molar-refractivity contribution in [1.82, 2.24) is 5.32 Å². The van der Waals surface area contributed by atoms with Gasteiger partial charge in [0.05, 0.1) is 0 Å². The highest BCUT2D eigenvalue weighted by molar-refractivity contribution is 5.75. The van der Waals surface area contributed by atoms with Gasteiger partial charge in [-0.05, 0) is 13.3 Å². The highest BCUT2D eigenvalue weighted by Gasteiger charge is 1.96. The molecule has 0 aliphatic rings. The first-order chi connectivity index (χ1) is 6.81. The fraction of sp³-hybridized carbons (Fsp3) is 0.917. The number of amides is 1. The molecule has 0 aliphatic carbocycles. The lowest BCUT2D eigenvalue weighted by Crippen LogP contribution is -2.21. The van der Waals surface area contributed by atoms with E-state index in [1.807, 2.05) is 34.6 Å². The van der Waals surface area contributed by atoms with Crippen molar-refractivity contribution in [3.05, 3.63) is 0 Å². The van der Waals surface area contributed by atoms with Gasteiger partial charge in [-0.2, -0.15) is 0 Å². The molecule has 0 heterocycles. The molecule has 2 nitrogen and oxygen atoms in total. The van der Waals surface area contributed by atoms with Crippen LogP contribution in [-0.2, 0) is 4.79 Å². The van der Waals surface area contributed by atoms with Crippen molar-refractivity contribution in [2.45, 2.75) is 67.2 Å². The van der Waals surface area contributed by atoms with Crippen LogP contribution in [0.2, 0.25) is 0 Å². The molecule has 0 atom stereocenters. The average molecular weight is 203 g/mol. The second-order valence-electron chi connectivity index (χ2n) is 2.41. The molecule has 1 amide bonds. The van der Waals surface area contributed by atoms with Gasteiger partial charge in [-0.15, -0.1) is 0 Å². The zero-order valence-electron chi connectivity index (χ0n) is 10.9. The van der Waals surface area contributed by atoms with Crippen molar-refractivity contribution < 1.29 is 4.79 Å². The number of carbonyl (C=O) groups is 1. The molecule has 2 heteroatoms. The maximum absolute atomic E-state index is 10.8. The van der Waals surface area contributed by atoms with Gasteiger partial charge >= 0.3 is 0 Å². The van der Waals surface area contributed by atoms with Crippen LogP contribution < -0.4 is 5.32 Å². The van der Waals surface area contributed by atoms with Crippen molar-refractivity contribution in [2.75, 3.05) is 6.54 Å². The molecule has 0 aromatic carbocycles. The smallest absolute Gasteiger partial charge is 0.219 e.